The number of rotatable bonds is 2. The zero-order valence-corrected chi connectivity index (χ0v) is 26.7. The van der Waals surface area contributed by atoms with Gasteiger partial charge < -0.3 is 9.88 Å². The van der Waals surface area contributed by atoms with Gasteiger partial charge in [0, 0.05) is 38.9 Å². The van der Waals surface area contributed by atoms with Crippen LogP contribution >= 0.6 is 0 Å². The Balaban J connectivity index is 1.46. The maximum atomic E-state index is 7.96. The van der Waals surface area contributed by atoms with Crippen molar-refractivity contribution < 1.29 is 0 Å². The number of anilines is 2. The molecule has 1 aromatic heterocycles. The Morgan fingerprint density at radius 2 is 1.37 bits per heavy atom. The fraction of sp³-hybridized carbons (Fsp3) is 0.119. The first-order chi connectivity index (χ1) is 22.3. The van der Waals surface area contributed by atoms with E-state index in [0.29, 0.717) is 5.69 Å². The second-order valence-electron chi connectivity index (χ2n) is 13.3. The van der Waals surface area contributed by atoms with Gasteiger partial charge in [0.1, 0.15) is 0 Å². The highest BCUT2D eigenvalue weighted by Crippen LogP contribution is 2.42. The standard InChI is InChI=1S/C42H32BN3/c1-23-11-13-27(5)30(15-23)32-17-25(3)19-34-41(32)45-37-21-28(29-9-7-8-10-36(29)44-6)22-39-40(37)43(34)35-20-26(4)18-33-31-16-24(2)12-14-38(31)46(39)42(33)35/h7-22,45H,1-5H3. The molecule has 0 spiro atoms. The number of hydrogen-bond donors (Lipinski definition) is 1. The number of para-hydroxylation sites is 1. The highest BCUT2D eigenvalue weighted by atomic mass is 15.0. The zero-order valence-electron chi connectivity index (χ0n) is 26.7. The van der Waals surface area contributed by atoms with Crippen molar-refractivity contribution in [3.63, 3.8) is 0 Å². The molecule has 0 saturated carbocycles. The summed E-state index contributed by atoms with van der Waals surface area (Å²) >= 11 is 0. The van der Waals surface area contributed by atoms with Crippen molar-refractivity contribution in [3.8, 4) is 27.9 Å². The van der Waals surface area contributed by atoms with Gasteiger partial charge in [-0.05, 0) is 110 Å². The van der Waals surface area contributed by atoms with E-state index in [1.807, 2.05) is 18.2 Å². The van der Waals surface area contributed by atoms with Gasteiger partial charge in [0.25, 0.3) is 6.71 Å². The molecule has 0 amide bonds. The van der Waals surface area contributed by atoms with Gasteiger partial charge in [-0.25, -0.2) is 4.85 Å². The van der Waals surface area contributed by atoms with Gasteiger partial charge in [-0.1, -0.05) is 82.9 Å². The Morgan fingerprint density at radius 3 is 2.22 bits per heavy atom. The molecule has 3 nitrogen and oxygen atoms in total. The summed E-state index contributed by atoms with van der Waals surface area (Å²) in [7, 11) is 0. The molecule has 46 heavy (non-hydrogen) atoms. The topological polar surface area (TPSA) is 21.3 Å². The van der Waals surface area contributed by atoms with E-state index in [1.54, 1.807) is 0 Å². The van der Waals surface area contributed by atoms with Gasteiger partial charge in [0.05, 0.1) is 12.1 Å². The smallest absolute Gasteiger partial charge is 0.252 e. The van der Waals surface area contributed by atoms with Gasteiger partial charge >= 0.3 is 0 Å². The number of aromatic nitrogens is 1. The molecule has 9 rings (SSSR count). The molecular formula is C42H32BN3. The normalized spacial score (nSPS) is 12.6. The van der Waals surface area contributed by atoms with E-state index in [1.165, 1.54) is 88.5 Å². The second kappa shape index (κ2) is 9.49. The molecule has 6 aromatic carbocycles. The van der Waals surface area contributed by atoms with E-state index >= 15 is 0 Å². The quantitative estimate of drug-likeness (QED) is 0.158. The predicted octanol–water partition coefficient (Wildman–Crippen LogP) is 9.10. The third-order valence-electron chi connectivity index (χ3n) is 10.1. The average Bonchev–Trinajstić information content (AvgIpc) is 3.37. The fourth-order valence-electron chi connectivity index (χ4n) is 8.15. The molecule has 3 heterocycles. The van der Waals surface area contributed by atoms with Crippen LogP contribution < -0.4 is 21.7 Å². The van der Waals surface area contributed by atoms with Crippen LogP contribution in [0.5, 0.6) is 0 Å². The molecule has 4 heteroatoms. The SMILES string of the molecule is [C-]#[N+]c1ccccc1-c1cc2c3c(c1)-n1c4ccc(C)cc4c4cc(C)cc(c41)B3c1cc(C)cc(-c3cc(C)ccc3C)c1N2. The lowest BCUT2D eigenvalue weighted by Gasteiger charge is -2.36. The van der Waals surface area contributed by atoms with Crippen LogP contribution in [0.15, 0.2) is 97.1 Å². The van der Waals surface area contributed by atoms with Crippen molar-refractivity contribution in [2.24, 2.45) is 0 Å². The average molecular weight is 590 g/mol. The van der Waals surface area contributed by atoms with Gasteiger partial charge in [0.15, 0.2) is 5.69 Å². The highest BCUT2D eigenvalue weighted by molar-refractivity contribution is 7.00. The summed E-state index contributed by atoms with van der Waals surface area (Å²) in [6, 6.07) is 35.7. The molecule has 7 aromatic rings. The van der Waals surface area contributed by atoms with Crippen LogP contribution in [-0.4, -0.2) is 11.3 Å². The molecule has 0 atom stereocenters. The first-order valence-corrected chi connectivity index (χ1v) is 16.0. The largest absolute Gasteiger partial charge is 0.356 e. The van der Waals surface area contributed by atoms with E-state index in [2.05, 4.69) is 128 Å². The Hall–Kier alpha value is -5.53. The van der Waals surface area contributed by atoms with Crippen molar-refractivity contribution in [3.05, 3.63) is 136 Å². The minimum Gasteiger partial charge on any atom is -0.356 e. The molecular weight excluding hydrogens is 557 g/mol. The Kier molecular flexibility index (Phi) is 5.54. The monoisotopic (exact) mass is 589 g/mol. The fourth-order valence-corrected chi connectivity index (χ4v) is 8.15. The summed E-state index contributed by atoms with van der Waals surface area (Å²) in [5.74, 6) is 0. The maximum Gasteiger partial charge on any atom is 0.252 e. The third-order valence-corrected chi connectivity index (χ3v) is 10.1. The number of nitrogens with zero attached hydrogens (tertiary/aromatic N) is 2. The van der Waals surface area contributed by atoms with E-state index in [4.69, 9.17) is 6.57 Å². The number of nitrogens with one attached hydrogen (secondary N) is 1. The van der Waals surface area contributed by atoms with Crippen LogP contribution in [-0.2, 0) is 0 Å². The van der Waals surface area contributed by atoms with E-state index in [0.717, 1.165) is 16.8 Å². The van der Waals surface area contributed by atoms with Gasteiger partial charge in [-0.2, -0.15) is 0 Å². The van der Waals surface area contributed by atoms with Crippen molar-refractivity contribution in [1.82, 2.24) is 4.57 Å². The summed E-state index contributed by atoms with van der Waals surface area (Å²) < 4.78 is 2.49. The lowest BCUT2D eigenvalue weighted by Crippen LogP contribution is -2.59. The van der Waals surface area contributed by atoms with Gasteiger partial charge in [-0.15, -0.1) is 0 Å². The number of fused-ring (bicyclic) bond motifs is 7. The molecule has 218 valence electrons. The first-order valence-electron chi connectivity index (χ1n) is 16.0. The molecule has 0 bridgehead atoms. The van der Waals surface area contributed by atoms with Gasteiger partial charge in [-0.3, -0.25) is 0 Å². The van der Waals surface area contributed by atoms with Crippen molar-refractivity contribution in [2.45, 2.75) is 34.6 Å². The van der Waals surface area contributed by atoms with Crippen LogP contribution in [0.25, 0.3) is 54.6 Å². The number of aryl methyl sites for hydroxylation is 5. The van der Waals surface area contributed by atoms with Crippen LogP contribution in [0.2, 0.25) is 0 Å². The Bertz CT molecular complexity index is 2530. The Labute approximate surface area is 270 Å². The van der Waals surface area contributed by atoms with Crippen LogP contribution in [0.4, 0.5) is 17.1 Å². The Morgan fingerprint density at radius 1 is 0.652 bits per heavy atom. The third kappa shape index (κ3) is 3.66. The summed E-state index contributed by atoms with van der Waals surface area (Å²) in [6.45, 7) is 19.0. The maximum absolute atomic E-state index is 7.96. The first kappa shape index (κ1) is 26.8. The minimum absolute atomic E-state index is 0.0653. The highest BCUT2D eigenvalue weighted by Gasteiger charge is 2.40. The number of benzene rings is 6. The molecule has 2 aliphatic rings. The van der Waals surface area contributed by atoms with E-state index < -0.39 is 0 Å². The molecule has 2 aliphatic heterocycles. The molecule has 0 saturated heterocycles. The van der Waals surface area contributed by atoms with Gasteiger partial charge in [0.2, 0.25) is 0 Å². The lowest BCUT2D eigenvalue weighted by atomic mass is 9.33. The molecule has 0 fully saturated rings. The van der Waals surface area contributed by atoms with Crippen LogP contribution in [0, 0.1) is 41.2 Å². The number of hydrogen-bond acceptors (Lipinski definition) is 1. The summed E-state index contributed by atoms with van der Waals surface area (Å²) in [5.41, 5.74) is 21.4. The molecule has 0 radical (unpaired) electrons. The zero-order chi connectivity index (χ0) is 31.4. The summed E-state index contributed by atoms with van der Waals surface area (Å²) in [4.78, 5) is 3.92. The van der Waals surface area contributed by atoms with E-state index in [-0.39, 0.29) is 6.71 Å². The van der Waals surface area contributed by atoms with Crippen LogP contribution in [0.3, 0.4) is 0 Å². The van der Waals surface area contributed by atoms with Crippen LogP contribution in [0.1, 0.15) is 27.8 Å². The summed E-state index contributed by atoms with van der Waals surface area (Å²) in [6.07, 6.45) is 0. The molecule has 0 unspecified atom stereocenters. The minimum atomic E-state index is 0.0653. The molecule has 0 aliphatic carbocycles. The predicted molar refractivity (Wildman–Crippen MR) is 196 cm³/mol. The van der Waals surface area contributed by atoms with E-state index in [9.17, 15) is 0 Å². The van der Waals surface area contributed by atoms with Crippen molar-refractivity contribution >= 4 is 62.0 Å². The summed E-state index contributed by atoms with van der Waals surface area (Å²) in [5, 5.41) is 6.59. The molecule has 1 N–H and O–H groups in total. The lowest BCUT2D eigenvalue weighted by molar-refractivity contribution is 1.19. The van der Waals surface area contributed by atoms with Crippen molar-refractivity contribution in [1.29, 1.82) is 0 Å². The van der Waals surface area contributed by atoms with Crippen molar-refractivity contribution in [2.75, 3.05) is 5.32 Å². The second-order valence-corrected chi connectivity index (χ2v) is 13.3.